The highest BCUT2D eigenvalue weighted by Gasteiger charge is 2.15. The fraction of sp³-hybridized carbons (Fsp3) is 0.227. The van der Waals surface area contributed by atoms with Crippen molar-refractivity contribution in [2.45, 2.75) is 25.0 Å². The number of rotatable bonds is 9. The van der Waals surface area contributed by atoms with Crippen LogP contribution >= 0.6 is 0 Å². The second kappa shape index (κ2) is 10.2. The standard InChI is InChI=1S/C22H23N3O6S/c1-3-32(28,29)21-8-7-17(13-24-21)31-19-11-16(10-18(12-19)30-15(2)14-26)22(27)25-20-6-4-5-9-23-20/h4-13,15,26H,3,14H2,1-2H3,(H,23,25,27). The molecule has 2 aromatic heterocycles. The van der Waals surface area contributed by atoms with Crippen LogP contribution in [-0.4, -0.2) is 47.9 Å². The first-order valence-corrected chi connectivity index (χ1v) is 11.5. The molecule has 9 nitrogen and oxygen atoms in total. The van der Waals surface area contributed by atoms with Gasteiger partial charge in [-0.2, -0.15) is 0 Å². The van der Waals surface area contributed by atoms with Crippen LogP contribution < -0.4 is 14.8 Å². The number of pyridine rings is 2. The fourth-order valence-corrected chi connectivity index (χ4v) is 3.40. The molecule has 0 fully saturated rings. The van der Waals surface area contributed by atoms with E-state index in [2.05, 4.69) is 15.3 Å². The maximum absolute atomic E-state index is 12.7. The van der Waals surface area contributed by atoms with Crippen molar-refractivity contribution in [2.24, 2.45) is 0 Å². The van der Waals surface area contributed by atoms with Crippen LogP contribution in [0.15, 0.2) is 66.0 Å². The molecule has 0 radical (unpaired) electrons. The molecule has 3 aromatic rings. The Hall–Kier alpha value is -3.50. The molecule has 1 atom stereocenters. The number of anilines is 1. The van der Waals surface area contributed by atoms with E-state index in [9.17, 15) is 18.3 Å². The van der Waals surface area contributed by atoms with Gasteiger partial charge in [0, 0.05) is 17.8 Å². The van der Waals surface area contributed by atoms with Gasteiger partial charge in [0.05, 0.1) is 18.6 Å². The number of nitrogens with zero attached hydrogens (tertiary/aromatic N) is 2. The SMILES string of the molecule is CCS(=O)(=O)c1ccc(Oc2cc(OC(C)CO)cc(C(=O)Nc3ccccn3)c2)cn1. The van der Waals surface area contributed by atoms with E-state index in [-0.39, 0.29) is 34.4 Å². The number of hydrogen-bond donors (Lipinski definition) is 2. The number of amides is 1. The summed E-state index contributed by atoms with van der Waals surface area (Å²) in [4.78, 5) is 20.7. The van der Waals surface area contributed by atoms with Gasteiger partial charge in [-0.25, -0.2) is 18.4 Å². The molecule has 3 rings (SSSR count). The van der Waals surface area contributed by atoms with E-state index >= 15 is 0 Å². The van der Waals surface area contributed by atoms with Crippen LogP contribution in [0.25, 0.3) is 0 Å². The third-order valence-electron chi connectivity index (χ3n) is 4.29. The first-order chi connectivity index (χ1) is 15.3. The Balaban J connectivity index is 1.88. The van der Waals surface area contributed by atoms with Crippen LogP contribution in [0, 0.1) is 0 Å². The van der Waals surface area contributed by atoms with E-state index in [0.717, 1.165) is 0 Å². The first kappa shape index (κ1) is 23.2. The molecule has 0 saturated carbocycles. The fourth-order valence-electron chi connectivity index (χ4n) is 2.62. The molecule has 0 saturated heterocycles. The molecule has 0 aliphatic rings. The Bertz CT molecular complexity index is 1170. The summed E-state index contributed by atoms with van der Waals surface area (Å²) in [6.45, 7) is 3.01. The highest BCUT2D eigenvalue weighted by Crippen LogP contribution is 2.29. The summed E-state index contributed by atoms with van der Waals surface area (Å²) in [5.74, 6) is 0.755. The van der Waals surface area contributed by atoms with Crippen LogP contribution in [0.1, 0.15) is 24.2 Å². The minimum absolute atomic E-state index is 0.0448. The van der Waals surface area contributed by atoms with Crippen molar-refractivity contribution in [3.63, 3.8) is 0 Å². The van der Waals surface area contributed by atoms with E-state index in [1.54, 1.807) is 37.4 Å². The number of nitrogens with one attached hydrogen (secondary N) is 1. The number of sulfone groups is 1. The lowest BCUT2D eigenvalue weighted by molar-refractivity contribution is 0.102. The summed E-state index contributed by atoms with van der Waals surface area (Å²) >= 11 is 0. The second-order valence-corrected chi connectivity index (χ2v) is 9.04. The lowest BCUT2D eigenvalue weighted by Crippen LogP contribution is -2.17. The number of ether oxygens (including phenoxy) is 2. The molecule has 1 aromatic carbocycles. The average Bonchev–Trinajstić information content (AvgIpc) is 2.80. The number of aromatic nitrogens is 2. The van der Waals surface area contributed by atoms with Gasteiger partial charge in [-0.1, -0.05) is 13.0 Å². The quantitative estimate of drug-likeness (QED) is 0.502. The molecule has 32 heavy (non-hydrogen) atoms. The van der Waals surface area contributed by atoms with Crippen molar-refractivity contribution in [3.8, 4) is 17.2 Å². The van der Waals surface area contributed by atoms with Gasteiger partial charge in [-0.15, -0.1) is 0 Å². The number of carbonyl (C=O) groups is 1. The van der Waals surface area contributed by atoms with E-state index in [4.69, 9.17) is 9.47 Å². The molecular formula is C22H23N3O6S. The van der Waals surface area contributed by atoms with Crippen molar-refractivity contribution >= 4 is 21.6 Å². The minimum atomic E-state index is -3.43. The first-order valence-electron chi connectivity index (χ1n) is 9.82. The molecule has 10 heteroatoms. The molecule has 0 bridgehead atoms. The highest BCUT2D eigenvalue weighted by molar-refractivity contribution is 7.91. The summed E-state index contributed by atoms with van der Waals surface area (Å²) < 4.78 is 35.3. The number of aliphatic hydroxyl groups excluding tert-OH is 1. The Labute approximate surface area is 186 Å². The normalized spacial score (nSPS) is 12.1. The molecule has 168 valence electrons. The zero-order valence-electron chi connectivity index (χ0n) is 17.6. The van der Waals surface area contributed by atoms with Crippen LogP contribution in [0.5, 0.6) is 17.2 Å². The predicted molar refractivity (Wildman–Crippen MR) is 118 cm³/mol. The molecule has 2 N–H and O–H groups in total. The zero-order valence-corrected chi connectivity index (χ0v) is 18.4. The van der Waals surface area contributed by atoms with Gasteiger partial charge in [0.25, 0.3) is 5.91 Å². The third-order valence-corrected chi connectivity index (χ3v) is 5.93. The van der Waals surface area contributed by atoms with Gasteiger partial charge in [0.2, 0.25) is 0 Å². The largest absolute Gasteiger partial charge is 0.488 e. The molecule has 1 amide bonds. The Kier molecular flexibility index (Phi) is 7.39. The second-order valence-electron chi connectivity index (χ2n) is 6.81. The maximum atomic E-state index is 12.7. The highest BCUT2D eigenvalue weighted by atomic mass is 32.2. The molecular weight excluding hydrogens is 434 g/mol. The van der Waals surface area contributed by atoms with Crippen molar-refractivity contribution in [2.75, 3.05) is 17.7 Å². The van der Waals surface area contributed by atoms with Crippen molar-refractivity contribution in [3.05, 3.63) is 66.5 Å². The van der Waals surface area contributed by atoms with Gasteiger partial charge in [-0.05, 0) is 43.3 Å². The van der Waals surface area contributed by atoms with E-state index in [1.165, 1.54) is 37.4 Å². The molecule has 0 aliphatic heterocycles. The molecule has 1 unspecified atom stereocenters. The third kappa shape index (κ3) is 6.02. The van der Waals surface area contributed by atoms with Crippen molar-refractivity contribution < 1.29 is 27.8 Å². The average molecular weight is 458 g/mol. The number of benzene rings is 1. The van der Waals surface area contributed by atoms with E-state index in [1.807, 2.05) is 0 Å². The van der Waals surface area contributed by atoms with E-state index in [0.29, 0.717) is 11.6 Å². The van der Waals surface area contributed by atoms with Gasteiger partial charge < -0.3 is 19.9 Å². The summed E-state index contributed by atoms with van der Waals surface area (Å²) in [6.07, 6.45) is 2.35. The van der Waals surface area contributed by atoms with Crippen LogP contribution in [0.3, 0.4) is 0 Å². The van der Waals surface area contributed by atoms with Crippen molar-refractivity contribution in [1.29, 1.82) is 0 Å². The van der Waals surface area contributed by atoms with Gasteiger partial charge >= 0.3 is 0 Å². The smallest absolute Gasteiger partial charge is 0.257 e. The van der Waals surface area contributed by atoms with Gasteiger partial charge in [0.1, 0.15) is 29.2 Å². The number of hydrogen-bond acceptors (Lipinski definition) is 8. The molecule has 0 spiro atoms. The number of carbonyl (C=O) groups excluding carboxylic acids is 1. The number of aliphatic hydroxyl groups is 1. The zero-order chi connectivity index (χ0) is 23.1. The maximum Gasteiger partial charge on any atom is 0.257 e. The van der Waals surface area contributed by atoms with Crippen LogP contribution in [0.4, 0.5) is 5.82 Å². The van der Waals surface area contributed by atoms with Gasteiger partial charge in [-0.3, -0.25) is 4.79 Å². The minimum Gasteiger partial charge on any atom is -0.488 e. The van der Waals surface area contributed by atoms with Crippen molar-refractivity contribution in [1.82, 2.24) is 9.97 Å². The lowest BCUT2D eigenvalue weighted by atomic mass is 10.2. The Morgan fingerprint density at radius 1 is 1.09 bits per heavy atom. The van der Waals surface area contributed by atoms with Crippen LogP contribution in [-0.2, 0) is 9.84 Å². The molecule has 2 heterocycles. The Morgan fingerprint density at radius 3 is 2.50 bits per heavy atom. The van der Waals surface area contributed by atoms with E-state index < -0.39 is 21.8 Å². The van der Waals surface area contributed by atoms with Crippen LogP contribution in [0.2, 0.25) is 0 Å². The topological polar surface area (TPSA) is 128 Å². The Morgan fingerprint density at radius 2 is 1.88 bits per heavy atom. The lowest BCUT2D eigenvalue weighted by Gasteiger charge is -2.15. The predicted octanol–water partition coefficient (Wildman–Crippen LogP) is 3.07. The summed E-state index contributed by atoms with van der Waals surface area (Å²) in [5, 5.41) is 11.9. The van der Waals surface area contributed by atoms with Gasteiger partial charge in [0.15, 0.2) is 14.9 Å². The summed E-state index contributed by atoms with van der Waals surface area (Å²) in [5.41, 5.74) is 0.242. The summed E-state index contributed by atoms with van der Waals surface area (Å²) in [7, 11) is -3.43. The molecule has 0 aliphatic carbocycles. The summed E-state index contributed by atoms with van der Waals surface area (Å²) in [6, 6.07) is 12.6. The monoisotopic (exact) mass is 457 g/mol.